The molecule has 2 aromatic carbocycles. The van der Waals surface area contributed by atoms with Gasteiger partial charge in [-0.1, -0.05) is 24.3 Å². The van der Waals surface area contributed by atoms with E-state index in [2.05, 4.69) is 48.7 Å². The molecule has 0 saturated carbocycles. The Bertz CT molecular complexity index is 1370. The average molecular weight is 367 g/mol. The Morgan fingerprint density at radius 3 is 2.04 bits per heavy atom. The van der Waals surface area contributed by atoms with E-state index in [4.69, 9.17) is 0 Å². The molecule has 6 rings (SSSR count). The first kappa shape index (κ1) is 12.9. The third kappa shape index (κ3) is 1.59. The summed E-state index contributed by atoms with van der Waals surface area (Å²) in [5.41, 5.74) is 0. The van der Waals surface area contributed by atoms with Crippen molar-refractivity contribution in [2.75, 3.05) is 0 Å². The Hall–Kier alpha value is -1.46. The molecule has 0 aliphatic rings. The zero-order valence-electron chi connectivity index (χ0n) is 12.2. The van der Waals surface area contributed by atoms with Gasteiger partial charge in [-0.15, -0.1) is 45.3 Å². The maximum atomic E-state index is 2.32. The van der Waals surface area contributed by atoms with Gasteiger partial charge in [-0.3, -0.25) is 0 Å². The molecule has 110 valence electrons. The van der Waals surface area contributed by atoms with Gasteiger partial charge >= 0.3 is 0 Å². The molecule has 23 heavy (non-hydrogen) atoms. The lowest BCUT2D eigenvalue weighted by atomic mass is 10.2. The third-order valence-electron chi connectivity index (χ3n) is 4.44. The molecule has 6 aromatic rings. The van der Waals surface area contributed by atoms with Crippen LogP contribution in [0.15, 0.2) is 41.8 Å². The quantitative estimate of drug-likeness (QED) is 0.255. The van der Waals surface area contributed by atoms with Crippen molar-refractivity contribution in [2.24, 2.45) is 0 Å². The van der Waals surface area contributed by atoms with Crippen molar-refractivity contribution in [1.29, 1.82) is 0 Å². The molecule has 0 amide bonds. The summed E-state index contributed by atoms with van der Waals surface area (Å²) in [6, 6.07) is 13.7. The van der Waals surface area contributed by atoms with Crippen LogP contribution in [-0.4, -0.2) is 0 Å². The van der Waals surface area contributed by atoms with Crippen molar-refractivity contribution >= 4 is 95.1 Å². The van der Waals surface area contributed by atoms with Crippen LogP contribution in [0.4, 0.5) is 0 Å². The Kier molecular flexibility index (Phi) is 2.43. The summed E-state index contributed by atoms with van der Waals surface area (Å²) in [6.45, 7) is 2.20. The normalized spacial score (nSPS) is 12.6. The van der Waals surface area contributed by atoms with Crippen LogP contribution < -0.4 is 0 Å². The van der Waals surface area contributed by atoms with Gasteiger partial charge in [0.25, 0.3) is 0 Å². The highest BCUT2D eigenvalue weighted by molar-refractivity contribution is 7.39. The van der Waals surface area contributed by atoms with Crippen molar-refractivity contribution in [3.05, 3.63) is 46.7 Å². The van der Waals surface area contributed by atoms with Crippen LogP contribution in [0.25, 0.3) is 49.7 Å². The van der Waals surface area contributed by atoms with Crippen LogP contribution in [0, 0.1) is 6.92 Å². The maximum absolute atomic E-state index is 2.32. The van der Waals surface area contributed by atoms with Gasteiger partial charge in [0.15, 0.2) is 0 Å². The Morgan fingerprint density at radius 2 is 1.26 bits per heavy atom. The van der Waals surface area contributed by atoms with Crippen molar-refractivity contribution < 1.29 is 0 Å². The average Bonchev–Trinajstić information content (AvgIpc) is 3.25. The van der Waals surface area contributed by atoms with Crippen molar-refractivity contribution in [2.45, 2.75) is 6.92 Å². The molecule has 0 aliphatic carbocycles. The minimum Gasteiger partial charge on any atom is -0.142 e. The predicted molar refractivity (Wildman–Crippen MR) is 110 cm³/mol. The second-order valence-corrected chi connectivity index (χ2v) is 10.1. The standard InChI is InChI=1S/C19H10S4/c1-9-8-11-3-5-13-17(15(11)21-9)23-18-12-4-2-10-6-7-20-14(10)16(12)22-19(13)18/h2-8H,1H3. The molecule has 0 bridgehead atoms. The van der Waals surface area contributed by atoms with E-state index in [-0.39, 0.29) is 0 Å². The highest BCUT2D eigenvalue weighted by atomic mass is 32.1. The van der Waals surface area contributed by atoms with Gasteiger partial charge in [0, 0.05) is 15.6 Å². The molecular weight excluding hydrogens is 356 g/mol. The smallest absolute Gasteiger partial charge is 0.0543 e. The monoisotopic (exact) mass is 366 g/mol. The molecule has 4 aromatic heterocycles. The lowest BCUT2D eigenvalue weighted by Gasteiger charge is -1.94. The zero-order chi connectivity index (χ0) is 15.1. The van der Waals surface area contributed by atoms with E-state index in [9.17, 15) is 0 Å². The minimum atomic E-state index is 1.37. The number of hydrogen-bond donors (Lipinski definition) is 0. The second-order valence-electron chi connectivity index (χ2n) is 5.86. The predicted octanol–water partition coefficient (Wildman–Crippen LogP) is 8.01. The van der Waals surface area contributed by atoms with Gasteiger partial charge in [-0.25, -0.2) is 0 Å². The van der Waals surface area contributed by atoms with Crippen molar-refractivity contribution in [3.63, 3.8) is 0 Å². The van der Waals surface area contributed by atoms with Gasteiger partial charge in [0.1, 0.15) is 0 Å². The molecule has 0 radical (unpaired) electrons. The summed E-state index contributed by atoms with van der Waals surface area (Å²) < 4.78 is 8.76. The fraction of sp³-hybridized carbons (Fsp3) is 0.0526. The first-order valence-electron chi connectivity index (χ1n) is 7.44. The second kappa shape index (κ2) is 4.33. The fourth-order valence-electron chi connectivity index (χ4n) is 3.42. The molecule has 4 heteroatoms. The van der Waals surface area contributed by atoms with Gasteiger partial charge in [0.2, 0.25) is 0 Å². The summed E-state index contributed by atoms with van der Waals surface area (Å²) in [6.07, 6.45) is 0. The summed E-state index contributed by atoms with van der Waals surface area (Å²) in [5.74, 6) is 0. The van der Waals surface area contributed by atoms with Crippen molar-refractivity contribution in [1.82, 2.24) is 0 Å². The van der Waals surface area contributed by atoms with E-state index in [0.717, 1.165) is 0 Å². The van der Waals surface area contributed by atoms with E-state index >= 15 is 0 Å². The third-order valence-corrected chi connectivity index (χ3v) is 9.38. The zero-order valence-corrected chi connectivity index (χ0v) is 15.4. The van der Waals surface area contributed by atoms with E-state index in [1.165, 1.54) is 54.6 Å². The van der Waals surface area contributed by atoms with Gasteiger partial charge in [0.05, 0.1) is 28.2 Å². The maximum Gasteiger partial charge on any atom is 0.0543 e. The van der Waals surface area contributed by atoms with Gasteiger partial charge in [-0.2, -0.15) is 0 Å². The van der Waals surface area contributed by atoms with E-state index in [0.29, 0.717) is 0 Å². The van der Waals surface area contributed by atoms with Crippen LogP contribution in [0.1, 0.15) is 4.88 Å². The number of rotatable bonds is 0. The van der Waals surface area contributed by atoms with Crippen LogP contribution in [0.2, 0.25) is 0 Å². The summed E-state index contributed by atoms with van der Waals surface area (Å²) in [4.78, 5) is 1.40. The SMILES string of the molecule is Cc1cc2ccc3c(sc4c5ccc6ccsc6c5sc34)c2s1. The Labute approximate surface area is 148 Å². The minimum absolute atomic E-state index is 1.37. The Morgan fingerprint density at radius 1 is 0.609 bits per heavy atom. The molecule has 0 saturated heterocycles. The molecule has 0 fully saturated rings. The molecular formula is C19H10S4. The molecule has 0 unspecified atom stereocenters. The lowest BCUT2D eigenvalue weighted by Crippen LogP contribution is -1.64. The summed E-state index contributed by atoms with van der Waals surface area (Å²) >= 11 is 7.74. The fourth-order valence-corrected chi connectivity index (χ4v) is 8.47. The molecule has 0 spiro atoms. The number of hydrogen-bond acceptors (Lipinski definition) is 4. The summed E-state index contributed by atoms with van der Waals surface area (Å²) in [7, 11) is 0. The Balaban J connectivity index is 1.88. The van der Waals surface area contributed by atoms with E-state index in [1.807, 2.05) is 45.3 Å². The largest absolute Gasteiger partial charge is 0.142 e. The van der Waals surface area contributed by atoms with Crippen LogP contribution in [0.5, 0.6) is 0 Å². The van der Waals surface area contributed by atoms with Gasteiger partial charge < -0.3 is 0 Å². The number of thiophene rings is 4. The van der Waals surface area contributed by atoms with Crippen LogP contribution in [0.3, 0.4) is 0 Å². The lowest BCUT2D eigenvalue weighted by molar-refractivity contribution is 1.66. The van der Waals surface area contributed by atoms with Crippen LogP contribution >= 0.6 is 45.3 Å². The molecule has 0 aliphatic heterocycles. The number of benzene rings is 2. The van der Waals surface area contributed by atoms with Gasteiger partial charge in [-0.05, 0) is 35.2 Å². The number of fused-ring (bicyclic) bond motifs is 9. The molecule has 0 N–H and O–H groups in total. The molecule has 4 heterocycles. The van der Waals surface area contributed by atoms with E-state index in [1.54, 1.807) is 0 Å². The first-order chi connectivity index (χ1) is 11.3. The summed E-state index contributed by atoms with van der Waals surface area (Å²) in [5, 5.41) is 7.83. The first-order valence-corrected chi connectivity index (χ1v) is 10.8. The highest BCUT2D eigenvalue weighted by Gasteiger charge is 2.16. The molecule has 0 nitrogen and oxygen atoms in total. The van der Waals surface area contributed by atoms with E-state index < -0.39 is 0 Å². The number of aryl methyl sites for hydroxylation is 1. The molecule has 0 atom stereocenters. The highest BCUT2D eigenvalue weighted by Crippen LogP contribution is 2.49. The topological polar surface area (TPSA) is 0 Å². The van der Waals surface area contributed by atoms with Crippen LogP contribution in [-0.2, 0) is 0 Å². The van der Waals surface area contributed by atoms with Crippen molar-refractivity contribution in [3.8, 4) is 0 Å².